The molecule has 1 aromatic heterocycles. The third-order valence-corrected chi connectivity index (χ3v) is 2.66. The molecule has 3 nitrogen and oxygen atoms in total. The fourth-order valence-corrected chi connectivity index (χ4v) is 1.79. The van der Waals surface area contributed by atoms with Crippen LogP contribution in [-0.4, -0.2) is 4.98 Å². The van der Waals surface area contributed by atoms with Crippen LogP contribution in [0.3, 0.4) is 0 Å². The summed E-state index contributed by atoms with van der Waals surface area (Å²) in [5, 5.41) is 3.26. The Labute approximate surface area is 102 Å². The Bertz CT molecular complexity index is 492. The Morgan fingerprint density at radius 2 is 1.82 bits per heavy atom. The fourth-order valence-electron chi connectivity index (χ4n) is 1.79. The number of aromatic nitrogens is 1. The van der Waals surface area contributed by atoms with Crippen molar-refractivity contribution in [2.75, 3.05) is 5.32 Å². The van der Waals surface area contributed by atoms with Gasteiger partial charge >= 0.3 is 0 Å². The zero-order valence-electron chi connectivity index (χ0n) is 10.1. The van der Waals surface area contributed by atoms with Crippen molar-refractivity contribution < 1.29 is 0 Å². The molecule has 0 saturated heterocycles. The highest BCUT2D eigenvalue weighted by molar-refractivity contribution is 5.56. The summed E-state index contributed by atoms with van der Waals surface area (Å²) in [4.78, 5) is 4.50. The molecule has 3 heteroatoms. The smallest absolute Gasteiger partial charge is 0.130 e. The summed E-state index contributed by atoms with van der Waals surface area (Å²) in [6, 6.07) is 14.0. The molecular formula is C14H17N3. The molecule has 1 heterocycles. The molecule has 0 bridgehead atoms. The molecule has 3 N–H and O–H groups in total. The summed E-state index contributed by atoms with van der Waals surface area (Å²) >= 11 is 0. The van der Waals surface area contributed by atoms with Gasteiger partial charge in [-0.2, -0.15) is 0 Å². The van der Waals surface area contributed by atoms with E-state index in [-0.39, 0.29) is 6.04 Å². The van der Waals surface area contributed by atoms with Crippen LogP contribution in [0.15, 0.2) is 42.5 Å². The molecular weight excluding hydrogens is 210 g/mol. The van der Waals surface area contributed by atoms with Crippen molar-refractivity contribution in [1.82, 2.24) is 4.98 Å². The fraction of sp³-hybridized carbons (Fsp3) is 0.214. The number of hydrogen-bond acceptors (Lipinski definition) is 3. The molecule has 1 atom stereocenters. The summed E-state index contributed by atoms with van der Waals surface area (Å²) in [6.07, 6.45) is 0. The van der Waals surface area contributed by atoms with Crippen LogP contribution < -0.4 is 11.1 Å². The quantitative estimate of drug-likeness (QED) is 0.846. The number of nitrogens with two attached hydrogens (primary N) is 1. The van der Waals surface area contributed by atoms with Crippen molar-refractivity contribution in [1.29, 1.82) is 0 Å². The Kier molecular flexibility index (Phi) is 3.40. The monoisotopic (exact) mass is 227 g/mol. The third kappa shape index (κ3) is 2.82. The van der Waals surface area contributed by atoms with Gasteiger partial charge in [0.1, 0.15) is 5.82 Å². The van der Waals surface area contributed by atoms with Crippen LogP contribution in [0.4, 0.5) is 11.5 Å². The van der Waals surface area contributed by atoms with Gasteiger partial charge in [-0.25, -0.2) is 4.98 Å². The van der Waals surface area contributed by atoms with E-state index in [9.17, 15) is 0 Å². The lowest BCUT2D eigenvalue weighted by Crippen LogP contribution is -2.08. The second-order valence-corrected chi connectivity index (χ2v) is 4.15. The molecule has 17 heavy (non-hydrogen) atoms. The lowest BCUT2D eigenvalue weighted by molar-refractivity contribution is 0.800. The Hall–Kier alpha value is -1.87. The van der Waals surface area contributed by atoms with E-state index in [0.717, 1.165) is 22.8 Å². The van der Waals surface area contributed by atoms with E-state index >= 15 is 0 Å². The van der Waals surface area contributed by atoms with Crippen LogP contribution in [0.2, 0.25) is 0 Å². The van der Waals surface area contributed by atoms with E-state index in [2.05, 4.69) is 10.3 Å². The van der Waals surface area contributed by atoms with Crippen LogP contribution in [0.1, 0.15) is 24.2 Å². The van der Waals surface area contributed by atoms with Gasteiger partial charge in [-0.1, -0.05) is 24.3 Å². The molecule has 0 radical (unpaired) electrons. The number of nitrogens with zero attached hydrogens (tertiary/aromatic N) is 1. The van der Waals surface area contributed by atoms with Gasteiger partial charge in [-0.3, -0.25) is 0 Å². The van der Waals surface area contributed by atoms with Crippen LogP contribution in [0.5, 0.6) is 0 Å². The normalized spacial score (nSPS) is 12.2. The molecule has 0 fully saturated rings. The summed E-state index contributed by atoms with van der Waals surface area (Å²) in [5.41, 5.74) is 8.95. The SMILES string of the molecule is Cc1nc(Nc2ccccc2)ccc1[C@H](C)N. The van der Waals surface area contributed by atoms with E-state index in [1.54, 1.807) is 0 Å². The first kappa shape index (κ1) is 11.6. The molecule has 0 spiro atoms. The molecule has 0 amide bonds. The van der Waals surface area contributed by atoms with Crippen LogP contribution >= 0.6 is 0 Å². The molecule has 1 aromatic carbocycles. The number of anilines is 2. The summed E-state index contributed by atoms with van der Waals surface area (Å²) < 4.78 is 0. The number of pyridine rings is 1. The Morgan fingerprint density at radius 1 is 1.12 bits per heavy atom. The number of hydrogen-bond donors (Lipinski definition) is 2. The highest BCUT2D eigenvalue weighted by Crippen LogP contribution is 2.19. The van der Waals surface area contributed by atoms with E-state index in [0.29, 0.717) is 0 Å². The molecule has 0 unspecified atom stereocenters. The predicted molar refractivity (Wildman–Crippen MR) is 71.3 cm³/mol. The van der Waals surface area contributed by atoms with E-state index in [1.165, 1.54) is 0 Å². The van der Waals surface area contributed by atoms with E-state index < -0.39 is 0 Å². The number of rotatable bonds is 3. The second-order valence-electron chi connectivity index (χ2n) is 4.15. The minimum atomic E-state index is 0.0216. The van der Waals surface area contributed by atoms with Gasteiger partial charge in [0.2, 0.25) is 0 Å². The first-order valence-electron chi connectivity index (χ1n) is 5.72. The first-order valence-corrected chi connectivity index (χ1v) is 5.72. The molecule has 0 aliphatic carbocycles. The predicted octanol–water partition coefficient (Wildman–Crippen LogP) is 3.15. The molecule has 0 aliphatic heterocycles. The Balaban J connectivity index is 2.21. The Morgan fingerprint density at radius 3 is 2.41 bits per heavy atom. The van der Waals surface area contributed by atoms with Gasteiger partial charge in [0, 0.05) is 17.4 Å². The van der Waals surface area contributed by atoms with Crippen molar-refractivity contribution in [3.05, 3.63) is 53.7 Å². The van der Waals surface area contributed by atoms with E-state index in [4.69, 9.17) is 5.73 Å². The highest BCUT2D eigenvalue weighted by Gasteiger charge is 2.05. The first-order chi connectivity index (χ1) is 8.16. The molecule has 2 aromatic rings. The minimum Gasteiger partial charge on any atom is -0.340 e. The van der Waals surface area contributed by atoms with Gasteiger partial charge in [-0.05, 0) is 37.6 Å². The lowest BCUT2D eigenvalue weighted by atomic mass is 10.1. The van der Waals surface area contributed by atoms with Crippen LogP contribution in [0, 0.1) is 6.92 Å². The van der Waals surface area contributed by atoms with Gasteiger partial charge in [-0.15, -0.1) is 0 Å². The molecule has 88 valence electrons. The molecule has 0 saturated carbocycles. The van der Waals surface area contributed by atoms with Crippen LogP contribution in [0.25, 0.3) is 0 Å². The van der Waals surface area contributed by atoms with E-state index in [1.807, 2.05) is 56.3 Å². The zero-order chi connectivity index (χ0) is 12.3. The van der Waals surface area contributed by atoms with Crippen molar-refractivity contribution >= 4 is 11.5 Å². The average Bonchev–Trinajstić information content (AvgIpc) is 2.30. The van der Waals surface area contributed by atoms with Gasteiger partial charge < -0.3 is 11.1 Å². The standard InChI is InChI=1S/C14H17N3/c1-10(15)13-8-9-14(16-11(13)2)17-12-6-4-3-5-7-12/h3-10H,15H2,1-2H3,(H,16,17)/t10-/m0/s1. The number of benzene rings is 1. The van der Waals surface area contributed by atoms with Crippen molar-refractivity contribution in [3.8, 4) is 0 Å². The largest absolute Gasteiger partial charge is 0.340 e. The van der Waals surface area contributed by atoms with Gasteiger partial charge in [0.15, 0.2) is 0 Å². The number of nitrogens with one attached hydrogen (secondary N) is 1. The minimum absolute atomic E-state index is 0.0216. The number of aryl methyl sites for hydroxylation is 1. The number of para-hydroxylation sites is 1. The topological polar surface area (TPSA) is 50.9 Å². The molecule has 2 rings (SSSR count). The lowest BCUT2D eigenvalue weighted by Gasteiger charge is -2.11. The van der Waals surface area contributed by atoms with Crippen LogP contribution in [-0.2, 0) is 0 Å². The van der Waals surface area contributed by atoms with Crippen molar-refractivity contribution in [2.45, 2.75) is 19.9 Å². The maximum Gasteiger partial charge on any atom is 0.130 e. The second kappa shape index (κ2) is 4.97. The third-order valence-electron chi connectivity index (χ3n) is 2.66. The van der Waals surface area contributed by atoms with Gasteiger partial charge in [0.25, 0.3) is 0 Å². The summed E-state index contributed by atoms with van der Waals surface area (Å²) in [6.45, 7) is 3.95. The maximum absolute atomic E-state index is 5.86. The summed E-state index contributed by atoms with van der Waals surface area (Å²) in [7, 11) is 0. The van der Waals surface area contributed by atoms with Crippen molar-refractivity contribution in [2.24, 2.45) is 5.73 Å². The summed E-state index contributed by atoms with van der Waals surface area (Å²) in [5.74, 6) is 0.845. The highest BCUT2D eigenvalue weighted by atomic mass is 15.0. The average molecular weight is 227 g/mol. The van der Waals surface area contributed by atoms with Crippen molar-refractivity contribution in [3.63, 3.8) is 0 Å². The van der Waals surface area contributed by atoms with Gasteiger partial charge in [0.05, 0.1) is 0 Å². The zero-order valence-corrected chi connectivity index (χ0v) is 10.1. The molecule has 0 aliphatic rings. The maximum atomic E-state index is 5.86.